The molecule has 0 spiro atoms. The minimum atomic E-state index is 0.774. The van der Waals surface area contributed by atoms with E-state index >= 15 is 0 Å². The van der Waals surface area contributed by atoms with Crippen molar-refractivity contribution in [1.82, 2.24) is 5.32 Å². The number of unbranched alkanes of at least 4 members (excludes halogenated alkanes) is 2. The van der Waals surface area contributed by atoms with Crippen molar-refractivity contribution in [2.24, 2.45) is 0 Å². The molecule has 0 amide bonds. The number of nitrogens with one attached hydrogen (secondary N) is 1. The monoisotopic (exact) mass is 291 g/mol. The van der Waals surface area contributed by atoms with Crippen molar-refractivity contribution in [3.05, 3.63) is 35.9 Å². The third kappa shape index (κ3) is 5.49. The SMILES string of the molecule is CSCCCCCNC1CCC(c2ccccc2)CC1. The quantitative estimate of drug-likeness (QED) is 0.688. The molecule has 1 aliphatic carbocycles. The van der Waals surface area contributed by atoms with Crippen LogP contribution >= 0.6 is 11.8 Å². The minimum absolute atomic E-state index is 0.774. The van der Waals surface area contributed by atoms with Crippen LogP contribution in [0.15, 0.2) is 30.3 Å². The van der Waals surface area contributed by atoms with Crippen LogP contribution in [0.4, 0.5) is 0 Å². The number of thioether (sulfide) groups is 1. The molecule has 0 saturated heterocycles. The molecule has 1 aromatic carbocycles. The van der Waals surface area contributed by atoms with Crippen LogP contribution in [-0.4, -0.2) is 24.6 Å². The standard InChI is InChI=1S/C18H29NS/c1-20-15-7-3-6-14-19-18-12-10-17(11-13-18)16-8-4-2-5-9-16/h2,4-5,8-9,17-19H,3,6-7,10-15H2,1H3. The number of hydrogen-bond acceptors (Lipinski definition) is 2. The van der Waals surface area contributed by atoms with E-state index in [0.717, 1.165) is 12.0 Å². The maximum atomic E-state index is 3.76. The first-order valence-corrected chi connectivity index (χ1v) is 9.57. The summed E-state index contributed by atoms with van der Waals surface area (Å²) in [5.74, 6) is 2.12. The molecule has 0 unspecified atom stereocenters. The average molecular weight is 292 g/mol. The van der Waals surface area contributed by atoms with Gasteiger partial charge in [-0.15, -0.1) is 0 Å². The van der Waals surface area contributed by atoms with E-state index in [0.29, 0.717) is 0 Å². The smallest absolute Gasteiger partial charge is 0.00674 e. The Balaban J connectivity index is 1.58. The van der Waals surface area contributed by atoms with Crippen molar-refractivity contribution < 1.29 is 0 Å². The highest BCUT2D eigenvalue weighted by molar-refractivity contribution is 7.98. The summed E-state index contributed by atoms with van der Waals surface area (Å²) in [5.41, 5.74) is 1.54. The van der Waals surface area contributed by atoms with E-state index in [4.69, 9.17) is 0 Å². The summed E-state index contributed by atoms with van der Waals surface area (Å²) < 4.78 is 0. The zero-order valence-corrected chi connectivity index (χ0v) is 13.6. The molecule has 0 aromatic heterocycles. The fourth-order valence-electron chi connectivity index (χ4n) is 3.21. The summed E-state index contributed by atoms with van der Waals surface area (Å²) in [7, 11) is 0. The normalized spacial score (nSPS) is 22.9. The van der Waals surface area contributed by atoms with Crippen LogP contribution in [-0.2, 0) is 0 Å². The van der Waals surface area contributed by atoms with Crippen LogP contribution < -0.4 is 5.32 Å². The average Bonchev–Trinajstić information content (AvgIpc) is 2.52. The second-order valence-electron chi connectivity index (χ2n) is 5.97. The van der Waals surface area contributed by atoms with Gasteiger partial charge in [0.15, 0.2) is 0 Å². The highest BCUT2D eigenvalue weighted by Crippen LogP contribution is 2.32. The van der Waals surface area contributed by atoms with Gasteiger partial charge in [-0.2, -0.15) is 11.8 Å². The zero-order chi connectivity index (χ0) is 14.0. The predicted molar refractivity (Wildman–Crippen MR) is 91.7 cm³/mol. The molecule has 2 heteroatoms. The molecule has 0 aliphatic heterocycles. The summed E-state index contributed by atoms with van der Waals surface area (Å²) in [6.07, 6.45) is 11.7. The van der Waals surface area contributed by atoms with Crippen LogP contribution in [0.2, 0.25) is 0 Å². The second kappa shape index (κ2) is 9.46. The van der Waals surface area contributed by atoms with E-state index in [1.165, 1.54) is 57.2 Å². The van der Waals surface area contributed by atoms with Gasteiger partial charge in [0.2, 0.25) is 0 Å². The Hall–Kier alpha value is -0.470. The van der Waals surface area contributed by atoms with Crippen molar-refractivity contribution in [2.75, 3.05) is 18.6 Å². The van der Waals surface area contributed by atoms with E-state index in [1.807, 2.05) is 11.8 Å². The van der Waals surface area contributed by atoms with Crippen molar-refractivity contribution in [2.45, 2.75) is 56.9 Å². The van der Waals surface area contributed by atoms with Gasteiger partial charge < -0.3 is 5.32 Å². The Morgan fingerprint density at radius 2 is 1.75 bits per heavy atom. The molecule has 1 fully saturated rings. The lowest BCUT2D eigenvalue weighted by Crippen LogP contribution is -2.33. The largest absolute Gasteiger partial charge is 0.314 e. The lowest BCUT2D eigenvalue weighted by atomic mass is 9.82. The summed E-state index contributed by atoms with van der Waals surface area (Å²) in [6.45, 7) is 1.22. The van der Waals surface area contributed by atoms with E-state index in [-0.39, 0.29) is 0 Å². The lowest BCUT2D eigenvalue weighted by molar-refractivity contribution is 0.341. The Bertz CT molecular complexity index is 344. The van der Waals surface area contributed by atoms with Crippen molar-refractivity contribution in [3.63, 3.8) is 0 Å². The van der Waals surface area contributed by atoms with E-state index in [1.54, 1.807) is 5.56 Å². The molecule has 1 N–H and O–H groups in total. The molecule has 0 atom stereocenters. The third-order valence-corrected chi connectivity index (χ3v) is 5.15. The maximum absolute atomic E-state index is 3.76. The molecule has 20 heavy (non-hydrogen) atoms. The zero-order valence-electron chi connectivity index (χ0n) is 12.8. The van der Waals surface area contributed by atoms with E-state index in [2.05, 4.69) is 41.9 Å². The van der Waals surface area contributed by atoms with Gasteiger partial charge in [-0.1, -0.05) is 36.8 Å². The third-order valence-electron chi connectivity index (χ3n) is 4.46. The Morgan fingerprint density at radius 3 is 2.45 bits per heavy atom. The van der Waals surface area contributed by atoms with Crippen LogP contribution in [0.3, 0.4) is 0 Å². The fourth-order valence-corrected chi connectivity index (χ4v) is 3.70. The molecule has 1 aromatic rings. The van der Waals surface area contributed by atoms with Crippen LogP contribution in [0, 0.1) is 0 Å². The topological polar surface area (TPSA) is 12.0 Å². The number of hydrogen-bond donors (Lipinski definition) is 1. The molecule has 1 nitrogen and oxygen atoms in total. The van der Waals surface area contributed by atoms with Crippen molar-refractivity contribution in [3.8, 4) is 0 Å². The molecule has 1 aliphatic rings. The van der Waals surface area contributed by atoms with Gasteiger partial charge in [-0.05, 0) is 68.6 Å². The Labute approximate surface area is 128 Å². The number of rotatable bonds is 8. The molecule has 1 saturated carbocycles. The summed E-state index contributed by atoms with van der Waals surface area (Å²) >= 11 is 1.97. The van der Waals surface area contributed by atoms with Crippen LogP contribution in [0.5, 0.6) is 0 Å². The predicted octanol–water partition coefficient (Wildman–Crippen LogP) is 4.84. The molecule has 0 radical (unpaired) electrons. The molecular formula is C18H29NS. The maximum Gasteiger partial charge on any atom is 0.00674 e. The summed E-state index contributed by atoms with van der Waals surface area (Å²) in [5, 5.41) is 3.76. The lowest BCUT2D eigenvalue weighted by Gasteiger charge is -2.29. The summed E-state index contributed by atoms with van der Waals surface area (Å²) in [6, 6.07) is 11.8. The van der Waals surface area contributed by atoms with Gasteiger partial charge in [0.1, 0.15) is 0 Å². The molecule has 112 valence electrons. The first-order chi connectivity index (χ1) is 9.90. The second-order valence-corrected chi connectivity index (χ2v) is 6.95. The van der Waals surface area contributed by atoms with E-state index < -0.39 is 0 Å². The van der Waals surface area contributed by atoms with Gasteiger partial charge in [0, 0.05) is 6.04 Å². The van der Waals surface area contributed by atoms with Crippen LogP contribution in [0.25, 0.3) is 0 Å². The molecular weight excluding hydrogens is 262 g/mol. The van der Waals surface area contributed by atoms with Crippen molar-refractivity contribution >= 4 is 11.8 Å². The highest BCUT2D eigenvalue weighted by atomic mass is 32.2. The van der Waals surface area contributed by atoms with Gasteiger partial charge in [-0.3, -0.25) is 0 Å². The van der Waals surface area contributed by atoms with Gasteiger partial charge in [-0.25, -0.2) is 0 Å². The molecule has 0 heterocycles. The minimum Gasteiger partial charge on any atom is -0.314 e. The Morgan fingerprint density at radius 1 is 1.00 bits per heavy atom. The van der Waals surface area contributed by atoms with Crippen LogP contribution in [0.1, 0.15) is 56.4 Å². The van der Waals surface area contributed by atoms with Crippen molar-refractivity contribution in [1.29, 1.82) is 0 Å². The van der Waals surface area contributed by atoms with Gasteiger partial charge in [0.25, 0.3) is 0 Å². The Kier molecular flexibility index (Phi) is 7.53. The first kappa shape index (κ1) is 15.9. The van der Waals surface area contributed by atoms with Gasteiger partial charge >= 0.3 is 0 Å². The van der Waals surface area contributed by atoms with Gasteiger partial charge in [0.05, 0.1) is 0 Å². The molecule has 0 bridgehead atoms. The van der Waals surface area contributed by atoms with E-state index in [9.17, 15) is 0 Å². The fraction of sp³-hybridized carbons (Fsp3) is 0.667. The summed E-state index contributed by atoms with van der Waals surface area (Å²) in [4.78, 5) is 0. The first-order valence-electron chi connectivity index (χ1n) is 8.17. The number of benzene rings is 1. The highest BCUT2D eigenvalue weighted by Gasteiger charge is 2.21. The molecule has 2 rings (SSSR count).